The fourth-order valence-corrected chi connectivity index (χ4v) is 7.98. The quantitative estimate of drug-likeness (QED) is 0.0725. The van der Waals surface area contributed by atoms with Crippen molar-refractivity contribution in [1.29, 1.82) is 0 Å². The Morgan fingerprint density at radius 1 is 0.435 bits per heavy atom. The molecule has 2 amide bonds. The molecule has 5 fully saturated rings. The van der Waals surface area contributed by atoms with E-state index in [4.69, 9.17) is 42.6 Å². The van der Waals surface area contributed by atoms with Gasteiger partial charge in [-0.15, -0.1) is 0 Å². The number of hydrogen-bond acceptors (Lipinski definition) is 25. The highest BCUT2D eigenvalue weighted by atomic mass is 16.8. The molecule has 360 valence electrons. The SMILES string of the molecule is CC(=O)NC1[C@H](O[C@@H]2C(CO)O[C@@H](C)C(NC(C)=O)[C@H]2O)OC(CO)[C@@H](O[C@@H]2OC(CO[C@H]3OC(CO)[C@@H](O)C(O)[C@H]3O)[C@@H](O)C(O[C@H]3O[C@H](CO)[C@@H](O)C(O)C3O)[C@H]2O)[C@@H]1O. The molecule has 10 unspecified atom stereocenters. The zero-order valence-electron chi connectivity index (χ0n) is 33.7. The van der Waals surface area contributed by atoms with Crippen LogP contribution >= 0.6 is 0 Å². The van der Waals surface area contributed by atoms with Gasteiger partial charge in [0.15, 0.2) is 25.2 Å². The summed E-state index contributed by atoms with van der Waals surface area (Å²) in [4.78, 5) is 24.4. The van der Waals surface area contributed by atoms with E-state index in [0.29, 0.717) is 0 Å². The zero-order chi connectivity index (χ0) is 45.9. The Morgan fingerprint density at radius 3 is 1.37 bits per heavy atom. The highest BCUT2D eigenvalue weighted by molar-refractivity contribution is 5.73. The van der Waals surface area contributed by atoms with E-state index in [0.717, 1.165) is 6.92 Å². The van der Waals surface area contributed by atoms with Crippen molar-refractivity contribution in [3.05, 3.63) is 0 Å². The van der Waals surface area contributed by atoms with E-state index < -0.39 is 198 Å². The molecule has 5 aliphatic heterocycles. The molecule has 27 heteroatoms. The van der Waals surface area contributed by atoms with Gasteiger partial charge in [0.05, 0.1) is 45.2 Å². The van der Waals surface area contributed by atoms with E-state index in [1.807, 2.05) is 0 Å². The summed E-state index contributed by atoms with van der Waals surface area (Å²) in [7, 11) is 0. The number of ether oxygens (including phenoxy) is 9. The second-order valence-electron chi connectivity index (χ2n) is 15.8. The molecule has 0 spiro atoms. The fraction of sp³-hybridized carbons (Fsp3) is 0.943. The minimum absolute atomic E-state index is 0.533. The van der Waals surface area contributed by atoms with Crippen molar-refractivity contribution in [2.24, 2.45) is 0 Å². The molecule has 27 nitrogen and oxygen atoms in total. The average molecular weight is 909 g/mol. The van der Waals surface area contributed by atoms with Crippen molar-refractivity contribution in [2.45, 2.75) is 174 Å². The monoisotopic (exact) mass is 908 g/mol. The summed E-state index contributed by atoms with van der Waals surface area (Å²) in [5, 5.41) is 153. The van der Waals surface area contributed by atoms with Crippen molar-refractivity contribution in [1.82, 2.24) is 10.6 Å². The maximum Gasteiger partial charge on any atom is 0.217 e. The van der Waals surface area contributed by atoms with Crippen LogP contribution in [0.1, 0.15) is 20.8 Å². The van der Waals surface area contributed by atoms with Crippen LogP contribution in [0.2, 0.25) is 0 Å². The van der Waals surface area contributed by atoms with Crippen LogP contribution in [-0.4, -0.2) is 270 Å². The van der Waals surface area contributed by atoms with E-state index in [9.17, 15) is 81.1 Å². The van der Waals surface area contributed by atoms with Crippen molar-refractivity contribution in [3.8, 4) is 0 Å². The van der Waals surface area contributed by atoms with Crippen LogP contribution in [0.25, 0.3) is 0 Å². The third-order valence-electron chi connectivity index (χ3n) is 11.4. The minimum atomic E-state index is -2.16. The molecule has 5 aliphatic rings. The minimum Gasteiger partial charge on any atom is -0.394 e. The second-order valence-corrected chi connectivity index (χ2v) is 15.8. The molecule has 0 saturated carbocycles. The van der Waals surface area contributed by atoms with Crippen molar-refractivity contribution < 1.29 is 124 Å². The number of hydrogen-bond donors (Lipinski definition) is 16. The van der Waals surface area contributed by atoms with Gasteiger partial charge in [-0.2, -0.15) is 0 Å². The highest BCUT2D eigenvalue weighted by Crippen LogP contribution is 2.35. The number of carbonyl (C=O) groups excluding carboxylic acids is 2. The molecule has 16 N–H and O–H groups in total. The summed E-state index contributed by atoms with van der Waals surface area (Å²) in [5.41, 5.74) is 0. The molecule has 0 aromatic carbocycles. The number of rotatable bonds is 15. The molecule has 0 radical (unpaired) electrons. The van der Waals surface area contributed by atoms with Gasteiger partial charge in [0.25, 0.3) is 0 Å². The average Bonchev–Trinajstić information content (AvgIpc) is 3.23. The first-order valence-electron chi connectivity index (χ1n) is 19.9. The second kappa shape index (κ2) is 22.0. The Hall–Kier alpha value is -1.98. The van der Waals surface area contributed by atoms with E-state index in [1.165, 1.54) is 13.8 Å². The van der Waals surface area contributed by atoms with Gasteiger partial charge in [-0.05, 0) is 6.92 Å². The predicted octanol–water partition coefficient (Wildman–Crippen LogP) is -10.6. The normalized spacial score (nSPS) is 49.0. The van der Waals surface area contributed by atoms with Crippen molar-refractivity contribution in [2.75, 3.05) is 33.0 Å². The highest BCUT2D eigenvalue weighted by Gasteiger charge is 2.56. The number of carbonyl (C=O) groups is 2. The van der Waals surface area contributed by atoms with Crippen LogP contribution in [0, 0.1) is 0 Å². The van der Waals surface area contributed by atoms with Crippen LogP contribution < -0.4 is 10.6 Å². The third-order valence-corrected chi connectivity index (χ3v) is 11.4. The molecule has 0 aromatic rings. The number of aliphatic hydroxyl groups is 14. The third kappa shape index (κ3) is 11.0. The Balaban J connectivity index is 1.41. The number of amides is 2. The van der Waals surface area contributed by atoms with Crippen molar-refractivity contribution in [3.63, 3.8) is 0 Å². The van der Waals surface area contributed by atoms with Gasteiger partial charge in [0, 0.05) is 13.8 Å². The van der Waals surface area contributed by atoms with Gasteiger partial charge in [-0.1, -0.05) is 0 Å². The molecule has 0 bridgehead atoms. The van der Waals surface area contributed by atoms with E-state index in [1.54, 1.807) is 0 Å². The molecule has 62 heavy (non-hydrogen) atoms. The predicted molar refractivity (Wildman–Crippen MR) is 193 cm³/mol. The molecule has 5 heterocycles. The number of aliphatic hydroxyl groups excluding tert-OH is 14. The Bertz CT molecular complexity index is 1440. The summed E-state index contributed by atoms with van der Waals surface area (Å²) in [6.07, 6.45) is -40.1. The van der Waals surface area contributed by atoms with E-state index >= 15 is 0 Å². The lowest BCUT2D eigenvalue weighted by Gasteiger charge is -2.50. The largest absolute Gasteiger partial charge is 0.394 e. The summed E-state index contributed by atoms with van der Waals surface area (Å²) >= 11 is 0. The molecule has 5 rings (SSSR count). The summed E-state index contributed by atoms with van der Waals surface area (Å²) in [5.74, 6) is -1.29. The van der Waals surface area contributed by atoms with E-state index in [-0.39, 0.29) is 0 Å². The number of nitrogens with one attached hydrogen (secondary N) is 2. The van der Waals surface area contributed by atoms with Crippen molar-refractivity contribution >= 4 is 11.8 Å². The maximum absolute atomic E-state index is 12.5. The molecular formula is C35H60N2O25. The zero-order valence-corrected chi connectivity index (χ0v) is 33.7. The van der Waals surface area contributed by atoms with Crippen LogP contribution in [0.5, 0.6) is 0 Å². The van der Waals surface area contributed by atoms with Crippen LogP contribution in [0.15, 0.2) is 0 Å². The molecule has 5 saturated heterocycles. The fourth-order valence-electron chi connectivity index (χ4n) is 7.98. The van der Waals surface area contributed by atoms with Gasteiger partial charge in [-0.3, -0.25) is 9.59 Å². The summed E-state index contributed by atoms with van der Waals surface area (Å²) in [6.45, 7) is -0.399. The Kier molecular flexibility index (Phi) is 18.1. The maximum atomic E-state index is 12.5. The first-order valence-corrected chi connectivity index (χ1v) is 19.9. The molecule has 25 atom stereocenters. The smallest absolute Gasteiger partial charge is 0.217 e. The van der Waals surface area contributed by atoms with Crippen LogP contribution in [0.3, 0.4) is 0 Å². The standard InChI is InChI=1S/C35H60N2O25/c1-9-17(36-10(2)42)22(47)29(14(6-40)55-9)60-32-18(37-11(3)43)23(48)30(15(7-41)58-32)61-35-28(53)31(62-34-27(52)25(50)20(45)13(5-39)57-34)21(46)16(59-35)8-54-33-26(51)24(49)19(44)12(4-38)56-33/h9,12-35,38-41,44-53H,4-8H2,1-3H3,(H,36,42)(H,37,43)/t9-,12?,13+,14?,15?,16?,17?,18?,19+,20+,21+,22+,23+,24?,25?,26+,27?,28+,29+,30+,31?,32-,33-,34+,35-/m0/s1. The van der Waals surface area contributed by atoms with Gasteiger partial charge in [0.1, 0.15) is 116 Å². The van der Waals surface area contributed by atoms with Gasteiger partial charge < -0.3 is 125 Å². The summed E-state index contributed by atoms with van der Waals surface area (Å²) in [6, 6.07) is -2.68. The lowest BCUT2D eigenvalue weighted by molar-refractivity contribution is -0.383. The summed E-state index contributed by atoms with van der Waals surface area (Å²) < 4.78 is 51.6. The molecule has 0 aliphatic carbocycles. The molecule has 0 aromatic heterocycles. The van der Waals surface area contributed by atoms with Gasteiger partial charge in [0.2, 0.25) is 11.8 Å². The van der Waals surface area contributed by atoms with Crippen LogP contribution in [-0.2, 0) is 52.2 Å². The van der Waals surface area contributed by atoms with E-state index in [2.05, 4.69) is 10.6 Å². The lowest BCUT2D eigenvalue weighted by Crippen LogP contribution is -2.70. The van der Waals surface area contributed by atoms with Gasteiger partial charge >= 0.3 is 0 Å². The molecular weight excluding hydrogens is 848 g/mol. The van der Waals surface area contributed by atoms with Gasteiger partial charge in [-0.25, -0.2) is 0 Å². The first kappa shape index (κ1) is 51.0. The van der Waals surface area contributed by atoms with Crippen LogP contribution in [0.4, 0.5) is 0 Å². The first-order chi connectivity index (χ1) is 29.3. The Morgan fingerprint density at radius 2 is 0.839 bits per heavy atom. The Labute approximate surface area is 353 Å². The topological polar surface area (TPSA) is 424 Å². The lowest BCUT2D eigenvalue weighted by atomic mass is 9.92.